The molecule has 0 aliphatic carbocycles. The van der Waals surface area contributed by atoms with Crippen molar-refractivity contribution < 1.29 is 0 Å². The number of aromatic nitrogens is 1. The molecule has 1 aromatic carbocycles. The molecule has 0 aliphatic rings. The molecule has 0 saturated carbocycles. The number of rotatable bonds is 1. The second kappa shape index (κ2) is 3.54. The van der Waals surface area contributed by atoms with Crippen molar-refractivity contribution in [3.8, 4) is 10.4 Å². The van der Waals surface area contributed by atoms with Gasteiger partial charge in [0.2, 0.25) is 0 Å². The Labute approximate surface area is 88.4 Å². The Morgan fingerprint density at radius 2 is 1.64 bits per heavy atom. The highest BCUT2D eigenvalue weighted by Crippen LogP contribution is 2.27. The number of benzene rings is 1. The topological polar surface area (TPSA) is 12.9 Å². The average Bonchev–Trinajstić information content (AvgIpc) is 2.50. The smallest absolute Gasteiger partial charge is 0.0900 e. The van der Waals surface area contributed by atoms with Crippen molar-refractivity contribution in [1.29, 1.82) is 0 Å². The van der Waals surface area contributed by atoms with Crippen LogP contribution in [-0.2, 0) is 0 Å². The van der Waals surface area contributed by atoms with Crippen LogP contribution in [-0.4, -0.2) is 4.98 Å². The molecule has 0 unspecified atom stereocenters. The van der Waals surface area contributed by atoms with E-state index in [2.05, 4.69) is 37.0 Å². The van der Waals surface area contributed by atoms with Crippen LogP contribution in [0.15, 0.2) is 24.4 Å². The van der Waals surface area contributed by atoms with E-state index in [0.717, 1.165) is 5.01 Å². The molecule has 0 saturated heterocycles. The van der Waals surface area contributed by atoms with Gasteiger partial charge in [-0.3, -0.25) is 0 Å². The largest absolute Gasteiger partial charge is 0.249 e. The maximum atomic E-state index is 4.27. The third kappa shape index (κ3) is 1.85. The maximum absolute atomic E-state index is 4.27. The molecule has 2 heteroatoms. The first kappa shape index (κ1) is 9.41. The second-order valence-electron chi connectivity index (χ2n) is 3.62. The van der Waals surface area contributed by atoms with Crippen LogP contribution in [0.1, 0.15) is 16.1 Å². The number of aryl methyl sites for hydroxylation is 3. The van der Waals surface area contributed by atoms with Crippen LogP contribution in [0.2, 0.25) is 0 Å². The molecule has 0 fully saturated rings. The molecule has 0 amide bonds. The van der Waals surface area contributed by atoms with E-state index in [-0.39, 0.29) is 0 Å². The highest BCUT2D eigenvalue weighted by atomic mass is 32.1. The van der Waals surface area contributed by atoms with Crippen molar-refractivity contribution in [2.75, 3.05) is 0 Å². The molecule has 14 heavy (non-hydrogen) atoms. The van der Waals surface area contributed by atoms with Gasteiger partial charge in [-0.05, 0) is 26.3 Å². The summed E-state index contributed by atoms with van der Waals surface area (Å²) in [5.74, 6) is 0. The molecule has 0 aliphatic heterocycles. The monoisotopic (exact) mass is 203 g/mol. The fraction of sp³-hybridized carbons (Fsp3) is 0.250. The number of thiazole rings is 1. The predicted octanol–water partition coefficient (Wildman–Crippen LogP) is 3.74. The Bertz CT molecular complexity index is 437. The van der Waals surface area contributed by atoms with Gasteiger partial charge in [0.05, 0.1) is 9.88 Å². The molecule has 1 nitrogen and oxygen atoms in total. The van der Waals surface area contributed by atoms with Gasteiger partial charge in [0.25, 0.3) is 0 Å². The van der Waals surface area contributed by atoms with Gasteiger partial charge in [-0.1, -0.05) is 29.3 Å². The molecule has 0 spiro atoms. The Kier molecular flexibility index (Phi) is 2.38. The molecule has 0 bridgehead atoms. The quantitative estimate of drug-likeness (QED) is 0.688. The summed E-state index contributed by atoms with van der Waals surface area (Å²) in [5.41, 5.74) is 3.91. The molecule has 2 rings (SSSR count). The molecule has 0 N–H and O–H groups in total. The third-order valence-corrected chi connectivity index (χ3v) is 3.09. The highest BCUT2D eigenvalue weighted by Gasteiger charge is 2.02. The molecule has 1 heterocycles. The van der Waals surface area contributed by atoms with Crippen molar-refractivity contribution in [3.63, 3.8) is 0 Å². The van der Waals surface area contributed by atoms with Gasteiger partial charge in [0, 0.05) is 6.20 Å². The lowest BCUT2D eigenvalue weighted by atomic mass is 10.1. The molecule has 1 aromatic heterocycles. The zero-order valence-corrected chi connectivity index (χ0v) is 9.48. The first-order valence-electron chi connectivity index (χ1n) is 4.66. The van der Waals surface area contributed by atoms with E-state index >= 15 is 0 Å². The minimum atomic E-state index is 1.12. The fourth-order valence-electron chi connectivity index (χ4n) is 1.61. The van der Waals surface area contributed by atoms with Crippen molar-refractivity contribution in [2.24, 2.45) is 0 Å². The van der Waals surface area contributed by atoms with Crippen molar-refractivity contribution in [3.05, 3.63) is 40.5 Å². The molecule has 2 aromatic rings. The Balaban J connectivity index is 2.51. The highest BCUT2D eigenvalue weighted by molar-refractivity contribution is 7.15. The van der Waals surface area contributed by atoms with Crippen LogP contribution in [0.5, 0.6) is 0 Å². The second-order valence-corrected chi connectivity index (χ2v) is 4.85. The van der Waals surface area contributed by atoms with E-state index < -0.39 is 0 Å². The summed E-state index contributed by atoms with van der Waals surface area (Å²) in [4.78, 5) is 5.53. The summed E-state index contributed by atoms with van der Waals surface area (Å²) in [5, 5.41) is 1.12. The molecular weight excluding hydrogens is 190 g/mol. The van der Waals surface area contributed by atoms with Crippen LogP contribution in [0.3, 0.4) is 0 Å². The van der Waals surface area contributed by atoms with Gasteiger partial charge in [-0.25, -0.2) is 4.98 Å². The zero-order valence-electron chi connectivity index (χ0n) is 8.66. The first-order valence-corrected chi connectivity index (χ1v) is 5.48. The van der Waals surface area contributed by atoms with Gasteiger partial charge in [-0.15, -0.1) is 11.3 Å². The summed E-state index contributed by atoms with van der Waals surface area (Å²) in [6.07, 6.45) is 1.95. The average molecular weight is 203 g/mol. The van der Waals surface area contributed by atoms with E-state index in [9.17, 15) is 0 Å². The van der Waals surface area contributed by atoms with Crippen molar-refractivity contribution >= 4 is 11.3 Å². The number of nitrogens with zero attached hydrogens (tertiary/aromatic N) is 1. The fourth-order valence-corrected chi connectivity index (χ4v) is 2.38. The van der Waals surface area contributed by atoms with E-state index in [4.69, 9.17) is 0 Å². The van der Waals surface area contributed by atoms with Crippen LogP contribution in [0, 0.1) is 20.8 Å². The molecule has 0 atom stereocenters. The lowest BCUT2D eigenvalue weighted by Crippen LogP contribution is -1.79. The molecule has 0 radical (unpaired) electrons. The molecule has 72 valence electrons. The van der Waals surface area contributed by atoms with Gasteiger partial charge >= 0.3 is 0 Å². The van der Waals surface area contributed by atoms with E-state index in [0.29, 0.717) is 0 Å². The molecular formula is C12H13NS. The Morgan fingerprint density at radius 1 is 1.00 bits per heavy atom. The summed E-state index contributed by atoms with van der Waals surface area (Å²) < 4.78 is 0. The van der Waals surface area contributed by atoms with E-state index in [1.165, 1.54) is 21.6 Å². The van der Waals surface area contributed by atoms with Crippen LogP contribution < -0.4 is 0 Å². The minimum absolute atomic E-state index is 1.12. The van der Waals surface area contributed by atoms with Gasteiger partial charge in [0.15, 0.2) is 0 Å². The van der Waals surface area contributed by atoms with Crippen molar-refractivity contribution in [1.82, 2.24) is 4.98 Å². The SMILES string of the molecule is Cc1cc(C)cc(-c2cnc(C)s2)c1. The van der Waals surface area contributed by atoms with Gasteiger partial charge in [-0.2, -0.15) is 0 Å². The van der Waals surface area contributed by atoms with E-state index in [1.54, 1.807) is 11.3 Å². The number of hydrogen-bond acceptors (Lipinski definition) is 2. The van der Waals surface area contributed by atoms with Gasteiger partial charge < -0.3 is 0 Å². The lowest BCUT2D eigenvalue weighted by Gasteiger charge is -2.01. The third-order valence-electron chi connectivity index (χ3n) is 2.13. The summed E-state index contributed by atoms with van der Waals surface area (Å²) in [6, 6.07) is 6.61. The van der Waals surface area contributed by atoms with Crippen molar-refractivity contribution in [2.45, 2.75) is 20.8 Å². The zero-order chi connectivity index (χ0) is 10.1. The van der Waals surface area contributed by atoms with E-state index in [1.807, 2.05) is 13.1 Å². The standard InChI is InChI=1S/C12H13NS/c1-8-4-9(2)6-11(5-8)12-7-13-10(3)14-12/h4-7H,1-3H3. The summed E-state index contributed by atoms with van der Waals surface area (Å²) >= 11 is 1.75. The Hall–Kier alpha value is -1.15. The number of hydrogen-bond donors (Lipinski definition) is 0. The lowest BCUT2D eigenvalue weighted by molar-refractivity contribution is 1.30. The normalized spacial score (nSPS) is 10.5. The predicted molar refractivity (Wildman–Crippen MR) is 61.8 cm³/mol. The summed E-state index contributed by atoms with van der Waals surface area (Å²) in [7, 11) is 0. The Morgan fingerprint density at radius 3 is 2.14 bits per heavy atom. The van der Waals surface area contributed by atoms with Crippen LogP contribution in [0.25, 0.3) is 10.4 Å². The van der Waals surface area contributed by atoms with Gasteiger partial charge in [0.1, 0.15) is 0 Å². The maximum Gasteiger partial charge on any atom is 0.0900 e. The first-order chi connectivity index (χ1) is 6.65. The van der Waals surface area contributed by atoms with Crippen LogP contribution >= 0.6 is 11.3 Å². The van der Waals surface area contributed by atoms with Crippen LogP contribution in [0.4, 0.5) is 0 Å². The summed E-state index contributed by atoms with van der Waals surface area (Å²) in [6.45, 7) is 6.30. The minimum Gasteiger partial charge on any atom is -0.249 e.